The first-order chi connectivity index (χ1) is 14.3. The molecular formula is C21H26N4O4S. The van der Waals surface area contributed by atoms with Gasteiger partial charge in [0.25, 0.3) is 5.91 Å². The molecule has 0 spiro atoms. The van der Waals surface area contributed by atoms with Crippen molar-refractivity contribution in [3.05, 3.63) is 40.5 Å². The SMILES string of the molecule is CCOC(=O)Cn1c(=NC(=O)c2cc(C)nn2C(C)C)sc2cc(OCC)ccc21. The van der Waals surface area contributed by atoms with Crippen LogP contribution in [0.15, 0.2) is 29.3 Å². The molecule has 9 heteroatoms. The Morgan fingerprint density at radius 3 is 2.63 bits per heavy atom. The van der Waals surface area contributed by atoms with Gasteiger partial charge in [0.1, 0.15) is 18.0 Å². The van der Waals surface area contributed by atoms with Crippen molar-refractivity contribution in [3.63, 3.8) is 0 Å². The third-order valence-corrected chi connectivity index (χ3v) is 5.36. The zero-order chi connectivity index (χ0) is 21.8. The largest absolute Gasteiger partial charge is 0.494 e. The quantitative estimate of drug-likeness (QED) is 0.536. The molecule has 0 bridgehead atoms. The summed E-state index contributed by atoms with van der Waals surface area (Å²) in [5, 5.41) is 4.38. The molecule has 2 aromatic heterocycles. The molecule has 3 rings (SSSR count). The van der Waals surface area contributed by atoms with E-state index in [9.17, 15) is 9.59 Å². The van der Waals surface area contributed by atoms with Crippen LogP contribution >= 0.6 is 11.3 Å². The Bertz CT molecular complexity index is 1140. The molecule has 1 aromatic carbocycles. The lowest BCUT2D eigenvalue weighted by Gasteiger charge is -2.08. The summed E-state index contributed by atoms with van der Waals surface area (Å²) in [6.45, 7) is 10.2. The third-order valence-electron chi connectivity index (χ3n) is 4.32. The lowest BCUT2D eigenvalue weighted by Crippen LogP contribution is -2.23. The first-order valence-corrected chi connectivity index (χ1v) is 10.7. The normalized spacial score (nSPS) is 12.0. The Balaban J connectivity index is 2.12. The van der Waals surface area contributed by atoms with Gasteiger partial charge >= 0.3 is 5.97 Å². The zero-order valence-electron chi connectivity index (χ0n) is 17.8. The van der Waals surface area contributed by atoms with Crippen LogP contribution in [-0.4, -0.2) is 39.4 Å². The van der Waals surface area contributed by atoms with Crippen LogP contribution < -0.4 is 9.54 Å². The number of esters is 1. The van der Waals surface area contributed by atoms with Crippen molar-refractivity contribution in [2.75, 3.05) is 13.2 Å². The molecule has 0 N–H and O–H groups in total. The summed E-state index contributed by atoms with van der Waals surface area (Å²) in [7, 11) is 0. The van der Waals surface area contributed by atoms with Crippen LogP contribution in [0.1, 0.15) is 49.9 Å². The van der Waals surface area contributed by atoms with Crippen molar-refractivity contribution in [3.8, 4) is 5.75 Å². The summed E-state index contributed by atoms with van der Waals surface area (Å²) in [5.41, 5.74) is 1.95. The molecule has 0 radical (unpaired) electrons. The summed E-state index contributed by atoms with van der Waals surface area (Å²) < 4.78 is 14.9. The summed E-state index contributed by atoms with van der Waals surface area (Å²) in [4.78, 5) is 29.9. The fraction of sp³-hybridized carbons (Fsp3) is 0.429. The number of fused-ring (bicyclic) bond motifs is 1. The van der Waals surface area contributed by atoms with Crippen molar-refractivity contribution in [1.29, 1.82) is 0 Å². The molecule has 8 nitrogen and oxygen atoms in total. The number of aromatic nitrogens is 3. The third kappa shape index (κ3) is 4.62. The minimum Gasteiger partial charge on any atom is -0.494 e. The Labute approximate surface area is 178 Å². The van der Waals surface area contributed by atoms with E-state index in [4.69, 9.17) is 9.47 Å². The number of carbonyl (C=O) groups excluding carboxylic acids is 2. The molecule has 160 valence electrons. The molecule has 0 unspecified atom stereocenters. The average Bonchev–Trinajstić information content (AvgIpc) is 3.23. The highest BCUT2D eigenvalue weighted by molar-refractivity contribution is 7.16. The van der Waals surface area contributed by atoms with Gasteiger partial charge in [-0.05, 0) is 58.9 Å². The van der Waals surface area contributed by atoms with Crippen LogP contribution in [0.3, 0.4) is 0 Å². The van der Waals surface area contributed by atoms with Gasteiger partial charge in [-0.3, -0.25) is 14.3 Å². The fourth-order valence-electron chi connectivity index (χ4n) is 3.10. The number of aryl methyl sites for hydroxylation is 1. The highest BCUT2D eigenvalue weighted by atomic mass is 32.1. The maximum atomic E-state index is 13.0. The van der Waals surface area contributed by atoms with E-state index in [-0.39, 0.29) is 25.2 Å². The lowest BCUT2D eigenvalue weighted by molar-refractivity contribution is -0.143. The molecule has 0 aliphatic heterocycles. The van der Waals surface area contributed by atoms with E-state index in [0.717, 1.165) is 21.7 Å². The van der Waals surface area contributed by atoms with Gasteiger partial charge in [-0.15, -0.1) is 0 Å². The van der Waals surface area contributed by atoms with Crippen LogP contribution in [0.2, 0.25) is 0 Å². The van der Waals surface area contributed by atoms with E-state index in [0.29, 0.717) is 17.1 Å². The number of rotatable bonds is 7. The van der Waals surface area contributed by atoms with Gasteiger partial charge in [-0.1, -0.05) is 11.3 Å². The lowest BCUT2D eigenvalue weighted by atomic mass is 10.3. The van der Waals surface area contributed by atoms with Gasteiger partial charge < -0.3 is 14.0 Å². The number of amides is 1. The van der Waals surface area contributed by atoms with Crippen molar-refractivity contribution in [2.45, 2.75) is 47.2 Å². The second kappa shape index (κ2) is 9.25. The maximum Gasteiger partial charge on any atom is 0.326 e. The number of hydrogen-bond acceptors (Lipinski definition) is 6. The number of nitrogens with zero attached hydrogens (tertiary/aromatic N) is 4. The fourth-order valence-corrected chi connectivity index (χ4v) is 4.15. The molecule has 2 heterocycles. The molecule has 0 saturated heterocycles. The topological polar surface area (TPSA) is 87.7 Å². The van der Waals surface area contributed by atoms with Crippen LogP contribution in [0.4, 0.5) is 0 Å². The highest BCUT2D eigenvalue weighted by Gasteiger charge is 2.18. The molecule has 30 heavy (non-hydrogen) atoms. The second-order valence-corrected chi connectivity index (χ2v) is 7.97. The summed E-state index contributed by atoms with van der Waals surface area (Å²) >= 11 is 1.33. The minimum absolute atomic E-state index is 0.0238. The van der Waals surface area contributed by atoms with Crippen LogP contribution in [0.25, 0.3) is 10.2 Å². The molecular weight excluding hydrogens is 404 g/mol. The van der Waals surface area contributed by atoms with Gasteiger partial charge in [0, 0.05) is 6.04 Å². The Kier molecular flexibility index (Phi) is 6.71. The summed E-state index contributed by atoms with van der Waals surface area (Å²) in [5.74, 6) is -0.0672. The molecule has 0 aliphatic rings. The van der Waals surface area contributed by atoms with E-state index >= 15 is 0 Å². The number of ether oxygens (including phenoxy) is 2. The van der Waals surface area contributed by atoms with Gasteiger partial charge in [0.15, 0.2) is 4.80 Å². The van der Waals surface area contributed by atoms with E-state index in [2.05, 4.69) is 10.1 Å². The van der Waals surface area contributed by atoms with Gasteiger partial charge in [0.2, 0.25) is 0 Å². The first kappa shape index (κ1) is 21.8. The average molecular weight is 431 g/mol. The first-order valence-electron chi connectivity index (χ1n) is 9.91. The standard InChI is InChI=1S/C21H26N4O4S/c1-6-28-15-8-9-16-18(11-15)30-21(24(16)12-19(26)29-7-2)22-20(27)17-10-14(5)23-25(17)13(3)4/h8-11,13H,6-7,12H2,1-5H3. The predicted octanol–water partition coefficient (Wildman–Crippen LogP) is 3.49. The molecule has 3 aromatic rings. The molecule has 0 fully saturated rings. The van der Waals surface area contributed by atoms with Crippen molar-refractivity contribution in [1.82, 2.24) is 14.3 Å². The highest BCUT2D eigenvalue weighted by Crippen LogP contribution is 2.24. The van der Waals surface area contributed by atoms with Gasteiger partial charge in [0.05, 0.1) is 29.1 Å². The summed E-state index contributed by atoms with van der Waals surface area (Å²) in [6, 6.07) is 7.33. The zero-order valence-corrected chi connectivity index (χ0v) is 18.7. The van der Waals surface area contributed by atoms with E-state index in [1.165, 1.54) is 11.3 Å². The van der Waals surface area contributed by atoms with Gasteiger partial charge in [-0.2, -0.15) is 10.1 Å². The minimum atomic E-state index is -0.404. The number of benzene rings is 1. The van der Waals surface area contributed by atoms with Crippen LogP contribution in [0, 0.1) is 6.92 Å². The van der Waals surface area contributed by atoms with Crippen molar-refractivity contribution in [2.24, 2.45) is 4.99 Å². The molecule has 0 atom stereocenters. The molecule has 0 aliphatic carbocycles. The van der Waals surface area contributed by atoms with Crippen molar-refractivity contribution >= 4 is 33.4 Å². The summed E-state index contributed by atoms with van der Waals surface area (Å²) in [6.07, 6.45) is 0. The Morgan fingerprint density at radius 1 is 1.20 bits per heavy atom. The van der Waals surface area contributed by atoms with E-state index in [1.807, 2.05) is 45.9 Å². The Morgan fingerprint density at radius 2 is 1.97 bits per heavy atom. The number of thiazole rings is 1. The van der Waals surface area contributed by atoms with Crippen molar-refractivity contribution < 1.29 is 19.1 Å². The van der Waals surface area contributed by atoms with E-state index < -0.39 is 5.91 Å². The maximum absolute atomic E-state index is 13.0. The predicted molar refractivity (Wildman–Crippen MR) is 115 cm³/mol. The second-order valence-electron chi connectivity index (χ2n) is 6.96. The monoisotopic (exact) mass is 430 g/mol. The number of carbonyl (C=O) groups is 2. The Hall–Kier alpha value is -2.94. The molecule has 0 saturated carbocycles. The smallest absolute Gasteiger partial charge is 0.326 e. The number of hydrogen-bond donors (Lipinski definition) is 0. The van der Waals surface area contributed by atoms with Gasteiger partial charge in [-0.25, -0.2) is 0 Å². The van der Waals surface area contributed by atoms with Crippen LogP contribution in [0.5, 0.6) is 5.75 Å². The molecule has 1 amide bonds. The van der Waals surface area contributed by atoms with Crippen LogP contribution in [-0.2, 0) is 16.1 Å². The van der Waals surface area contributed by atoms with E-state index in [1.54, 1.807) is 22.2 Å².